The lowest BCUT2D eigenvalue weighted by atomic mass is 9.70. The molecule has 0 aromatic heterocycles. The van der Waals surface area contributed by atoms with Gasteiger partial charge >= 0.3 is 0 Å². The van der Waals surface area contributed by atoms with Gasteiger partial charge in [-0.05, 0) is 56.5 Å². The summed E-state index contributed by atoms with van der Waals surface area (Å²) in [4.78, 5) is 2.50. The lowest BCUT2D eigenvalue weighted by Crippen LogP contribution is -2.35. The van der Waals surface area contributed by atoms with E-state index >= 15 is 0 Å². The zero-order valence-corrected chi connectivity index (χ0v) is 13.3. The van der Waals surface area contributed by atoms with E-state index in [2.05, 4.69) is 45.0 Å². The van der Waals surface area contributed by atoms with E-state index in [1.165, 1.54) is 38.8 Å². The van der Waals surface area contributed by atoms with Crippen LogP contribution < -0.4 is 5.32 Å². The highest BCUT2D eigenvalue weighted by Gasteiger charge is 2.29. The lowest BCUT2D eigenvalue weighted by Gasteiger charge is -2.38. The molecule has 0 bridgehead atoms. The quantitative estimate of drug-likeness (QED) is 0.731. The Labute approximate surface area is 115 Å². The molecule has 0 unspecified atom stereocenters. The molecule has 0 aliphatic heterocycles. The van der Waals surface area contributed by atoms with Crippen molar-refractivity contribution in [1.29, 1.82) is 0 Å². The summed E-state index contributed by atoms with van der Waals surface area (Å²) >= 11 is 0. The van der Waals surface area contributed by atoms with Crippen molar-refractivity contribution >= 4 is 0 Å². The molecule has 1 rings (SSSR count). The molecule has 0 radical (unpaired) electrons. The molecule has 1 aliphatic carbocycles. The summed E-state index contributed by atoms with van der Waals surface area (Å²) in [5.74, 6) is 1.89. The highest BCUT2D eigenvalue weighted by atomic mass is 15.1. The summed E-state index contributed by atoms with van der Waals surface area (Å²) in [7, 11) is 2.27. The van der Waals surface area contributed by atoms with Crippen LogP contribution in [0.5, 0.6) is 0 Å². The van der Waals surface area contributed by atoms with E-state index in [4.69, 9.17) is 0 Å². The summed E-state index contributed by atoms with van der Waals surface area (Å²) in [6, 6.07) is 0. The standard InChI is InChI=1S/C16H34N2/c1-6-17-11-12-18(5)13-14-7-9-15(10-8-14)16(2,3)4/h14-15,17H,6-13H2,1-5H3. The second kappa shape index (κ2) is 7.49. The maximum absolute atomic E-state index is 3.40. The van der Waals surface area contributed by atoms with E-state index in [0.717, 1.165) is 24.9 Å². The van der Waals surface area contributed by atoms with Crippen molar-refractivity contribution < 1.29 is 0 Å². The van der Waals surface area contributed by atoms with E-state index in [-0.39, 0.29) is 0 Å². The predicted octanol–water partition coefficient (Wildman–Crippen LogP) is 3.38. The molecule has 2 nitrogen and oxygen atoms in total. The second-order valence-corrected chi connectivity index (χ2v) is 7.20. The van der Waals surface area contributed by atoms with Crippen LogP contribution in [-0.2, 0) is 0 Å². The molecule has 0 aromatic rings. The fraction of sp³-hybridized carbons (Fsp3) is 1.00. The molecular weight excluding hydrogens is 220 g/mol. The van der Waals surface area contributed by atoms with Gasteiger partial charge in [0.05, 0.1) is 0 Å². The Hall–Kier alpha value is -0.0800. The number of nitrogens with one attached hydrogen (secondary N) is 1. The van der Waals surface area contributed by atoms with Crippen LogP contribution in [0.15, 0.2) is 0 Å². The third kappa shape index (κ3) is 5.71. The van der Waals surface area contributed by atoms with Gasteiger partial charge in [0.2, 0.25) is 0 Å². The van der Waals surface area contributed by atoms with Crippen molar-refractivity contribution in [3.05, 3.63) is 0 Å². The van der Waals surface area contributed by atoms with Crippen LogP contribution in [0.4, 0.5) is 0 Å². The van der Waals surface area contributed by atoms with Crippen molar-refractivity contribution in [3.63, 3.8) is 0 Å². The van der Waals surface area contributed by atoms with Gasteiger partial charge in [-0.15, -0.1) is 0 Å². The first-order valence-electron chi connectivity index (χ1n) is 7.82. The van der Waals surface area contributed by atoms with Gasteiger partial charge in [-0.1, -0.05) is 27.7 Å². The molecule has 2 heteroatoms. The first-order chi connectivity index (χ1) is 8.43. The smallest absolute Gasteiger partial charge is 0.0104 e. The lowest BCUT2D eigenvalue weighted by molar-refractivity contribution is 0.131. The molecule has 0 atom stereocenters. The van der Waals surface area contributed by atoms with Crippen molar-refractivity contribution in [3.8, 4) is 0 Å². The Morgan fingerprint density at radius 2 is 1.72 bits per heavy atom. The van der Waals surface area contributed by atoms with Gasteiger partial charge in [0, 0.05) is 19.6 Å². The van der Waals surface area contributed by atoms with Gasteiger partial charge in [0.25, 0.3) is 0 Å². The van der Waals surface area contributed by atoms with E-state index in [1.54, 1.807) is 0 Å². The van der Waals surface area contributed by atoms with E-state index in [1.807, 2.05) is 0 Å². The molecule has 18 heavy (non-hydrogen) atoms. The maximum atomic E-state index is 3.40. The number of hydrogen-bond acceptors (Lipinski definition) is 2. The topological polar surface area (TPSA) is 15.3 Å². The number of hydrogen-bond donors (Lipinski definition) is 1. The first kappa shape index (κ1) is 16.0. The van der Waals surface area contributed by atoms with E-state index in [9.17, 15) is 0 Å². The van der Waals surface area contributed by atoms with Crippen molar-refractivity contribution in [2.75, 3.05) is 33.2 Å². The molecule has 0 aromatic carbocycles. The molecule has 1 saturated carbocycles. The predicted molar refractivity (Wildman–Crippen MR) is 80.9 cm³/mol. The average Bonchev–Trinajstić information content (AvgIpc) is 2.29. The van der Waals surface area contributed by atoms with Gasteiger partial charge in [-0.3, -0.25) is 0 Å². The minimum atomic E-state index is 0.516. The monoisotopic (exact) mass is 254 g/mol. The van der Waals surface area contributed by atoms with Crippen LogP contribution in [0.3, 0.4) is 0 Å². The van der Waals surface area contributed by atoms with Gasteiger partial charge in [0.1, 0.15) is 0 Å². The van der Waals surface area contributed by atoms with Gasteiger partial charge in [-0.2, -0.15) is 0 Å². The zero-order valence-electron chi connectivity index (χ0n) is 13.3. The van der Waals surface area contributed by atoms with Crippen LogP contribution in [-0.4, -0.2) is 38.1 Å². The molecule has 1 aliphatic rings. The Morgan fingerprint density at radius 1 is 1.11 bits per heavy atom. The highest BCUT2D eigenvalue weighted by molar-refractivity contribution is 4.81. The van der Waals surface area contributed by atoms with Crippen LogP contribution in [0.2, 0.25) is 0 Å². The largest absolute Gasteiger partial charge is 0.316 e. The number of rotatable bonds is 6. The molecule has 0 saturated heterocycles. The molecule has 0 amide bonds. The zero-order chi connectivity index (χ0) is 13.6. The highest BCUT2D eigenvalue weighted by Crippen LogP contribution is 2.39. The fourth-order valence-corrected chi connectivity index (χ4v) is 3.19. The van der Waals surface area contributed by atoms with E-state index < -0.39 is 0 Å². The van der Waals surface area contributed by atoms with Crippen LogP contribution in [0.25, 0.3) is 0 Å². The molecule has 1 fully saturated rings. The van der Waals surface area contributed by atoms with Gasteiger partial charge < -0.3 is 10.2 Å². The number of likely N-dealkylation sites (N-methyl/N-ethyl adjacent to an activating group) is 2. The van der Waals surface area contributed by atoms with Crippen molar-refractivity contribution in [2.24, 2.45) is 17.3 Å². The summed E-state index contributed by atoms with van der Waals surface area (Å²) in [6.07, 6.45) is 5.76. The Kier molecular flexibility index (Phi) is 6.65. The Balaban J connectivity index is 2.19. The molecule has 0 spiro atoms. The molecule has 108 valence electrons. The van der Waals surface area contributed by atoms with E-state index in [0.29, 0.717) is 5.41 Å². The van der Waals surface area contributed by atoms with Gasteiger partial charge in [0.15, 0.2) is 0 Å². The summed E-state index contributed by atoms with van der Waals surface area (Å²) in [6.45, 7) is 14.1. The maximum Gasteiger partial charge on any atom is 0.0104 e. The first-order valence-corrected chi connectivity index (χ1v) is 7.82. The normalized spacial score (nSPS) is 25.7. The van der Waals surface area contributed by atoms with Crippen LogP contribution in [0.1, 0.15) is 53.4 Å². The molecular formula is C16H34N2. The van der Waals surface area contributed by atoms with Crippen molar-refractivity contribution in [1.82, 2.24) is 10.2 Å². The Bertz CT molecular complexity index is 212. The number of nitrogens with zero attached hydrogens (tertiary/aromatic N) is 1. The fourth-order valence-electron chi connectivity index (χ4n) is 3.19. The average molecular weight is 254 g/mol. The summed E-state index contributed by atoms with van der Waals surface area (Å²) in [5, 5.41) is 3.40. The minimum absolute atomic E-state index is 0.516. The minimum Gasteiger partial charge on any atom is -0.316 e. The second-order valence-electron chi connectivity index (χ2n) is 7.20. The third-order valence-electron chi connectivity index (χ3n) is 4.56. The molecule has 0 heterocycles. The third-order valence-corrected chi connectivity index (χ3v) is 4.56. The van der Waals surface area contributed by atoms with Crippen LogP contribution >= 0.6 is 0 Å². The Morgan fingerprint density at radius 3 is 2.22 bits per heavy atom. The summed E-state index contributed by atoms with van der Waals surface area (Å²) < 4.78 is 0. The van der Waals surface area contributed by atoms with Crippen molar-refractivity contribution in [2.45, 2.75) is 53.4 Å². The summed E-state index contributed by atoms with van der Waals surface area (Å²) in [5.41, 5.74) is 0.516. The van der Waals surface area contributed by atoms with Gasteiger partial charge in [-0.25, -0.2) is 0 Å². The molecule has 1 N–H and O–H groups in total. The van der Waals surface area contributed by atoms with Crippen LogP contribution in [0, 0.1) is 17.3 Å². The SMILES string of the molecule is CCNCCN(C)CC1CCC(C(C)(C)C)CC1.